The van der Waals surface area contributed by atoms with Crippen LogP contribution in [0.4, 0.5) is 14.0 Å². The molecule has 0 unspecified atom stereocenters. The van der Waals surface area contributed by atoms with Crippen molar-refractivity contribution >= 4 is 52.4 Å². The highest BCUT2D eigenvalue weighted by atomic mass is 35.5. The Bertz CT molecular complexity index is 1120. The standard InChI is InChI=1S/C18H17ClF2N6OS/c1-8(2)25-18(28)10-7-27(29-21)17-16(10)26-13(6-24-17)15(22)14-11(20)4-9(19)5-12(14)23-3/h4-8,22-23H,1-3H3,(H,25,28). The van der Waals surface area contributed by atoms with Crippen LogP contribution in [0, 0.1) is 11.2 Å². The largest absolute Gasteiger partial charge is 0.387 e. The monoisotopic (exact) mass is 438 g/mol. The Morgan fingerprint density at radius 3 is 2.72 bits per heavy atom. The van der Waals surface area contributed by atoms with Crippen LogP contribution in [0.1, 0.15) is 35.5 Å². The molecule has 1 aromatic carbocycles. The molecule has 0 saturated heterocycles. The van der Waals surface area contributed by atoms with E-state index in [1.54, 1.807) is 20.9 Å². The fraction of sp³-hybridized carbons (Fsp3) is 0.222. The van der Waals surface area contributed by atoms with E-state index < -0.39 is 11.7 Å². The van der Waals surface area contributed by atoms with Crippen molar-refractivity contribution in [3.63, 3.8) is 0 Å². The van der Waals surface area contributed by atoms with E-state index in [1.165, 1.54) is 18.5 Å². The smallest absolute Gasteiger partial charge is 0.255 e. The van der Waals surface area contributed by atoms with Crippen LogP contribution >= 0.6 is 23.9 Å². The average Bonchev–Trinajstić information content (AvgIpc) is 3.04. The Balaban J connectivity index is 2.15. The molecule has 11 heteroatoms. The molecule has 0 radical (unpaired) electrons. The fourth-order valence-corrected chi connectivity index (χ4v) is 3.35. The van der Waals surface area contributed by atoms with E-state index in [1.807, 2.05) is 0 Å². The maximum atomic E-state index is 14.5. The highest BCUT2D eigenvalue weighted by Gasteiger charge is 2.22. The van der Waals surface area contributed by atoms with Gasteiger partial charge in [-0.25, -0.2) is 18.3 Å². The second kappa shape index (κ2) is 8.34. The van der Waals surface area contributed by atoms with Gasteiger partial charge < -0.3 is 10.6 Å². The lowest BCUT2D eigenvalue weighted by molar-refractivity contribution is 0.0944. The number of aromatic nitrogens is 3. The third-order valence-corrected chi connectivity index (χ3v) is 4.68. The molecular formula is C18H17ClF2N6OS. The fourth-order valence-electron chi connectivity index (χ4n) is 2.80. The summed E-state index contributed by atoms with van der Waals surface area (Å²) in [6.07, 6.45) is 2.51. The van der Waals surface area contributed by atoms with Crippen LogP contribution in [-0.4, -0.2) is 38.6 Å². The molecule has 0 aliphatic rings. The summed E-state index contributed by atoms with van der Waals surface area (Å²) in [5.74, 6) is -1.16. The van der Waals surface area contributed by atoms with Gasteiger partial charge in [0.25, 0.3) is 5.91 Å². The van der Waals surface area contributed by atoms with Gasteiger partial charge in [0.05, 0.1) is 23.0 Å². The van der Waals surface area contributed by atoms with Crippen molar-refractivity contribution in [2.24, 2.45) is 0 Å². The maximum absolute atomic E-state index is 14.5. The Kier molecular flexibility index (Phi) is 6.04. The molecule has 3 N–H and O–H groups in total. The Morgan fingerprint density at radius 1 is 1.38 bits per heavy atom. The molecule has 0 fully saturated rings. The topological polar surface area (TPSA) is 95.7 Å². The summed E-state index contributed by atoms with van der Waals surface area (Å²) in [6.45, 7) is 3.58. The number of nitrogens with one attached hydrogen (secondary N) is 3. The van der Waals surface area contributed by atoms with Crippen molar-refractivity contribution in [3.8, 4) is 0 Å². The molecule has 2 heterocycles. The Hall–Kier alpha value is -2.72. The number of halogens is 3. The molecule has 1 amide bonds. The maximum Gasteiger partial charge on any atom is 0.255 e. The number of nitrogens with zero attached hydrogens (tertiary/aromatic N) is 3. The number of rotatable bonds is 6. The van der Waals surface area contributed by atoms with E-state index in [-0.39, 0.29) is 57.1 Å². The van der Waals surface area contributed by atoms with Gasteiger partial charge in [0.15, 0.2) is 18.0 Å². The zero-order valence-electron chi connectivity index (χ0n) is 15.7. The Morgan fingerprint density at radius 2 is 2.10 bits per heavy atom. The minimum atomic E-state index is -0.705. The van der Waals surface area contributed by atoms with Gasteiger partial charge in [-0.3, -0.25) is 10.2 Å². The molecule has 2 aromatic heterocycles. The van der Waals surface area contributed by atoms with Crippen molar-refractivity contribution in [1.82, 2.24) is 19.3 Å². The number of fused-ring (bicyclic) bond motifs is 1. The van der Waals surface area contributed by atoms with E-state index in [4.69, 9.17) is 17.0 Å². The lowest BCUT2D eigenvalue weighted by atomic mass is 10.0. The van der Waals surface area contributed by atoms with Crippen molar-refractivity contribution < 1.29 is 13.1 Å². The summed E-state index contributed by atoms with van der Waals surface area (Å²) >= 11 is 5.75. The van der Waals surface area contributed by atoms with Gasteiger partial charge in [-0.2, -0.15) is 0 Å². The molecule has 0 saturated carbocycles. The van der Waals surface area contributed by atoms with Crippen LogP contribution in [0.15, 0.2) is 24.5 Å². The summed E-state index contributed by atoms with van der Waals surface area (Å²) in [7, 11) is 1.57. The normalized spacial score (nSPS) is 11.1. The number of amides is 1. The summed E-state index contributed by atoms with van der Waals surface area (Å²) in [5, 5.41) is 14.1. The molecule has 0 aliphatic heterocycles. The van der Waals surface area contributed by atoms with Crippen molar-refractivity contribution in [2.75, 3.05) is 12.4 Å². The van der Waals surface area contributed by atoms with Crippen LogP contribution < -0.4 is 10.6 Å². The first-order valence-electron chi connectivity index (χ1n) is 8.51. The lowest BCUT2D eigenvalue weighted by Gasteiger charge is -2.12. The third-order valence-electron chi connectivity index (χ3n) is 4.03. The predicted octanol–water partition coefficient (Wildman–Crippen LogP) is 4.20. The van der Waals surface area contributed by atoms with Crippen molar-refractivity contribution in [1.29, 1.82) is 5.41 Å². The van der Waals surface area contributed by atoms with Crippen LogP contribution in [0.25, 0.3) is 11.2 Å². The van der Waals surface area contributed by atoms with Gasteiger partial charge in [-0.1, -0.05) is 11.6 Å². The molecule has 0 atom stereocenters. The third kappa shape index (κ3) is 4.03. The van der Waals surface area contributed by atoms with Crippen LogP contribution in [0.3, 0.4) is 0 Å². The van der Waals surface area contributed by atoms with E-state index in [9.17, 15) is 13.1 Å². The minimum Gasteiger partial charge on any atom is -0.387 e. The zero-order valence-corrected chi connectivity index (χ0v) is 17.3. The molecule has 3 rings (SSSR count). The molecule has 0 aliphatic carbocycles. The number of benzene rings is 1. The SMILES string of the molecule is CNc1cc(Cl)cc(F)c1C(=N)c1cnc2c(n1)c(C(=O)NC(C)C)cn2SF. The lowest BCUT2D eigenvalue weighted by Crippen LogP contribution is -2.30. The quantitative estimate of drug-likeness (QED) is 0.501. The minimum absolute atomic E-state index is 0.0235. The second-order valence-corrected chi connectivity index (χ2v) is 7.40. The Labute approximate surface area is 174 Å². The van der Waals surface area contributed by atoms with Crippen molar-refractivity contribution in [2.45, 2.75) is 19.9 Å². The zero-order chi connectivity index (χ0) is 21.3. The summed E-state index contributed by atoms with van der Waals surface area (Å²) < 4.78 is 28.9. The highest BCUT2D eigenvalue weighted by Crippen LogP contribution is 2.28. The van der Waals surface area contributed by atoms with Gasteiger partial charge in [0.1, 0.15) is 17.0 Å². The molecule has 7 nitrogen and oxygen atoms in total. The average molecular weight is 439 g/mol. The molecule has 29 heavy (non-hydrogen) atoms. The number of carbonyl (C=O) groups excluding carboxylic acids is 1. The van der Waals surface area contributed by atoms with Crippen molar-refractivity contribution in [3.05, 3.63) is 52.2 Å². The first-order chi connectivity index (χ1) is 13.8. The molecule has 3 aromatic rings. The first kappa shape index (κ1) is 21.0. The highest BCUT2D eigenvalue weighted by molar-refractivity contribution is 7.92. The van der Waals surface area contributed by atoms with Gasteiger partial charge in [0, 0.05) is 30.0 Å². The van der Waals surface area contributed by atoms with E-state index >= 15 is 0 Å². The van der Waals surface area contributed by atoms with E-state index in [0.717, 1.165) is 10.0 Å². The summed E-state index contributed by atoms with van der Waals surface area (Å²) in [6, 6.07) is 2.43. The van der Waals surface area contributed by atoms with Gasteiger partial charge in [-0.15, -0.1) is 3.89 Å². The van der Waals surface area contributed by atoms with Gasteiger partial charge >= 0.3 is 0 Å². The van der Waals surface area contributed by atoms with Gasteiger partial charge in [0.2, 0.25) is 0 Å². The van der Waals surface area contributed by atoms with Crippen LogP contribution in [-0.2, 0) is 0 Å². The molecule has 152 valence electrons. The first-order valence-corrected chi connectivity index (χ1v) is 9.56. The molecular weight excluding hydrogens is 422 g/mol. The van der Waals surface area contributed by atoms with Crippen LogP contribution in [0.5, 0.6) is 0 Å². The number of hydrogen-bond acceptors (Lipinski definition) is 6. The molecule has 0 spiro atoms. The van der Waals surface area contributed by atoms with Gasteiger partial charge in [-0.05, 0) is 26.0 Å². The summed E-state index contributed by atoms with van der Waals surface area (Å²) in [4.78, 5) is 20.9. The summed E-state index contributed by atoms with van der Waals surface area (Å²) in [5.41, 5.74) is 0.356. The van der Waals surface area contributed by atoms with E-state index in [0.29, 0.717) is 5.69 Å². The molecule has 0 bridgehead atoms. The second-order valence-electron chi connectivity index (χ2n) is 6.43. The van der Waals surface area contributed by atoms with Crippen LogP contribution in [0.2, 0.25) is 5.02 Å². The predicted molar refractivity (Wildman–Crippen MR) is 111 cm³/mol. The number of anilines is 1. The number of hydrogen-bond donors (Lipinski definition) is 3. The number of carbonyl (C=O) groups is 1. The van der Waals surface area contributed by atoms with E-state index in [2.05, 4.69) is 20.6 Å².